The van der Waals surface area contributed by atoms with Crippen LogP contribution in [0.15, 0.2) is 17.1 Å². The molecule has 0 amide bonds. The molecule has 5 nitrogen and oxygen atoms in total. The van der Waals surface area contributed by atoms with Crippen molar-refractivity contribution in [2.75, 3.05) is 0 Å². The van der Waals surface area contributed by atoms with Crippen molar-refractivity contribution in [3.05, 3.63) is 17.7 Å². The topological polar surface area (TPSA) is 97.5 Å². The molecule has 0 aliphatic heterocycles. The molecule has 0 saturated carbocycles. The van der Waals surface area contributed by atoms with Gasteiger partial charge in [0.05, 0.1) is 10.2 Å². The van der Waals surface area contributed by atoms with Crippen LogP contribution >= 0.6 is 11.3 Å². The van der Waals surface area contributed by atoms with E-state index in [1.54, 1.807) is 12.1 Å². The molecular formula is C9H10N4OS. The van der Waals surface area contributed by atoms with Crippen LogP contribution in [-0.4, -0.2) is 16.1 Å². The van der Waals surface area contributed by atoms with Crippen molar-refractivity contribution in [3.8, 4) is 5.75 Å². The third kappa shape index (κ3) is 1.84. The summed E-state index contributed by atoms with van der Waals surface area (Å²) in [5.41, 5.74) is 12.2. The Morgan fingerprint density at radius 3 is 2.87 bits per heavy atom. The average Bonchev–Trinajstić information content (AvgIpc) is 2.45. The predicted octanol–water partition coefficient (Wildman–Crippen LogP) is 1.22. The molecular weight excluding hydrogens is 212 g/mol. The molecule has 0 saturated heterocycles. The monoisotopic (exact) mass is 222 g/mol. The van der Waals surface area contributed by atoms with Crippen LogP contribution in [0.4, 0.5) is 5.13 Å². The van der Waals surface area contributed by atoms with E-state index in [-0.39, 0.29) is 11.7 Å². The van der Waals surface area contributed by atoms with Crippen LogP contribution in [-0.2, 0) is 0 Å². The first kappa shape index (κ1) is 9.72. The van der Waals surface area contributed by atoms with Crippen LogP contribution in [0.25, 0.3) is 10.2 Å². The summed E-state index contributed by atoms with van der Waals surface area (Å²) in [5.74, 6) is 0.204. The van der Waals surface area contributed by atoms with E-state index in [1.807, 2.05) is 6.92 Å². The Labute approximate surface area is 90.1 Å². The first-order valence-electron chi connectivity index (χ1n) is 4.26. The summed E-state index contributed by atoms with van der Waals surface area (Å²) in [4.78, 5) is 8.12. The highest BCUT2D eigenvalue weighted by Crippen LogP contribution is 2.32. The number of hydrogen-bond acceptors (Lipinski definition) is 4. The van der Waals surface area contributed by atoms with Gasteiger partial charge in [-0.3, -0.25) is 0 Å². The largest absolute Gasteiger partial charge is 0.508 e. The maximum Gasteiger partial charge on any atom is 0.213 e. The fourth-order valence-corrected chi connectivity index (χ4v) is 2.29. The lowest BCUT2D eigenvalue weighted by Gasteiger charge is -1.94. The summed E-state index contributed by atoms with van der Waals surface area (Å²) in [6.07, 6.45) is 0. The Kier molecular flexibility index (Phi) is 2.20. The number of fused-ring (bicyclic) bond motifs is 1. The zero-order valence-electron chi connectivity index (χ0n) is 8.06. The molecule has 1 heterocycles. The van der Waals surface area contributed by atoms with Gasteiger partial charge in [-0.15, -0.1) is 0 Å². The van der Waals surface area contributed by atoms with E-state index < -0.39 is 0 Å². The molecule has 1 aromatic heterocycles. The third-order valence-electron chi connectivity index (χ3n) is 1.88. The van der Waals surface area contributed by atoms with Gasteiger partial charge in [0.15, 0.2) is 5.96 Å². The molecule has 0 unspecified atom stereocenters. The first-order chi connectivity index (χ1) is 7.06. The molecule has 15 heavy (non-hydrogen) atoms. The van der Waals surface area contributed by atoms with Crippen molar-refractivity contribution >= 4 is 32.6 Å². The van der Waals surface area contributed by atoms with Gasteiger partial charge in [-0.05, 0) is 24.6 Å². The molecule has 2 aromatic rings. The van der Waals surface area contributed by atoms with E-state index >= 15 is 0 Å². The molecule has 2 rings (SSSR count). The Morgan fingerprint density at radius 2 is 2.20 bits per heavy atom. The summed E-state index contributed by atoms with van der Waals surface area (Å²) in [5, 5.41) is 9.89. The normalized spacial score (nSPS) is 10.5. The molecule has 0 fully saturated rings. The Bertz CT molecular complexity index is 542. The summed E-state index contributed by atoms with van der Waals surface area (Å²) >= 11 is 1.34. The van der Waals surface area contributed by atoms with Gasteiger partial charge < -0.3 is 16.6 Å². The Balaban J connectivity index is 2.65. The van der Waals surface area contributed by atoms with E-state index in [4.69, 9.17) is 11.5 Å². The lowest BCUT2D eigenvalue weighted by atomic mass is 10.2. The minimum Gasteiger partial charge on any atom is -0.508 e. The average molecular weight is 222 g/mol. The second-order valence-electron chi connectivity index (χ2n) is 3.14. The minimum absolute atomic E-state index is 0.0177. The number of aliphatic imine (C=N–C) groups is 1. The second kappa shape index (κ2) is 3.39. The van der Waals surface area contributed by atoms with E-state index in [2.05, 4.69) is 9.98 Å². The number of phenolic OH excluding ortho intramolecular Hbond substituents is 1. The molecule has 0 radical (unpaired) electrons. The molecule has 1 aromatic carbocycles. The highest BCUT2D eigenvalue weighted by molar-refractivity contribution is 7.22. The number of aryl methyl sites for hydroxylation is 1. The number of benzene rings is 1. The smallest absolute Gasteiger partial charge is 0.213 e. The first-order valence-corrected chi connectivity index (χ1v) is 5.07. The van der Waals surface area contributed by atoms with Gasteiger partial charge in [0.1, 0.15) is 5.75 Å². The zero-order chi connectivity index (χ0) is 11.0. The number of aromatic hydroxyl groups is 1. The predicted molar refractivity (Wildman–Crippen MR) is 61.5 cm³/mol. The minimum atomic E-state index is -0.0177. The van der Waals surface area contributed by atoms with Gasteiger partial charge in [0.2, 0.25) is 5.13 Å². The van der Waals surface area contributed by atoms with Gasteiger partial charge >= 0.3 is 0 Å². The number of thiazole rings is 1. The Hall–Kier alpha value is -1.82. The molecule has 0 bridgehead atoms. The van der Waals surface area contributed by atoms with Crippen molar-refractivity contribution in [2.24, 2.45) is 16.5 Å². The van der Waals surface area contributed by atoms with Gasteiger partial charge in [-0.1, -0.05) is 11.3 Å². The summed E-state index contributed by atoms with van der Waals surface area (Å²) in [6, 6.07) is 3.30. The van der Waals surface area contributed by atoms with Gasteiger partial charge in [-0.2, -0.15) is 4.99 Å². The highest BCUT2D eigenvalue weighted by atomic mass is 32.1. The molecule has 0 spiro atoms. The van der Waals surface area contributed by atoms with Crippen molar-refractivity contribution in [1.29, 1.82) is 0 Å². The van der Waals surface area contributed by atoms with E-state index in [9.17, 15) is 5.11 Å². The number of guanidine groups is 1. The van der Waals surface area contributed by atoms with Crippen LogP contribution in [0.1, 0.15) is 5.56 Å². The van der Waals surface area contributed by atoms with Crippen molar-refractivity contribution < 1.29 is 5.11 Å². The number of aromatic nitrogens is 1. The lowest BCUT2D eigenvalue weighted by Crippen LogP contribution is -2.21. The van der Waals surface area contributed by atoms with Gasteiger partial charge in [0, 0.05) is 0 Å². The second-order valence-corrected chi connectivity index (χ2v) is 4.15. The molecule has 0 aliphatic rings. The van der Waals surface area contributed by atoms with Gasteiger partial charge in [0.25, 0.3) is 0 Å². The molecule has 0 aliphatic carbocycles. The van der Waals surface area contributed by atoms with E-state index in [1.165, 1.54) is 11.3 Å². The van der Waals surface area contributed by atoms with E-state index in [0.717, 1.165) is 15.8 Å². The quantitative estimate of drug-likeness (QED) is 0.499. The highest BCUT2D eigenvalue weighted by Gasteiger charge is 2.07. The van der Waals surface area contributed by atoms with Crippen LogP contribution in [0.2, 0.25) is 0 Å². The standard InChI is InChI=1S/C9H10N4OS/c1-4-2-5(14)3-6-7(4)12-9(15-6)13-8(10)11/h2-3,14H,1H3,(H4,10,11,12,13). The van der Waals surface area contributed by atoms with Crippen LogP contribution in [0.5, 0.6) is 5.75 Å². The van der Waals surface area contributed by atoms with Gasteiger partial charge in [-0.25, -0.2) is 4.98 Å². The zero-order valence-corrected chi connectivity index (χ0v) is 8.88. The maximum atomic E-state index is 9.40. The molecule has 0 atom stereocenters. The number of rotatable bonds is 1. The number of nitrogens with zero attached hydrogens (tertiary/aromatic N) is 2. The fourth-order valence-electron chi connectivity index (χ4n) is 1.33. The number of phenols is 1. The van der Waals surface area contributed by atoms with Crippen molar-refractivity contribution in [1.82, 2.24) is 4.98 Å². The number of hydrogen-bond donors (Lipinski definition) is 3. The van der Waals surface area contributed by atoms with Crippen LogP contribution in [0, 0.1) is 6.92 Å². The summed E-state index contributed by atoms with van der Waals surface area (Å²) in [7, 11) is 0. The van der Waals surface area contributed by atoms with Crippen molar-refractivity contribution in [3.63, 3.8) is 0 Å². The Morgan fingerprint density at radius 1 is 1.47 bits per heavy atom. The van der Waals surface area contributed by atoms with Crippen LogP contribution < -0.4 is 11.5 Å². The fraction of sp³-hybridized carbons (Fsp3) is 0.111. The maximum absolute atomic E-state index is 9.40. The van der Waals surface area contributed by atoms with Crippen LogP contribution in [0.3, 0.4) is 0 Å². The molecule has 78 valence electrons. The van der Waals surface area contributed by atoms with Crippen molar-refractivity contribution in [2.45, 2.75) is 6.92 Å². The SMILES string of the molecule is Cc1cc(O)cc2sc(N=C(N)N)nc12. The molecule has 5 N–H and O–H groups in total. The third-order valence-corrected chi connectivity index (χ3v) is 2.78. The molecule has 6 heteroatoms. The summed E-state index contributed by atoms with van der Waals surface area (Å²) < 4.78 is 0.868. The van der Waals surface area contributed by atoms with E-state index in [0.29, 0.717) is 5.13 Å². The lowest BCUT2D eigenvalue weighted by molar-refractivity contribution is 0.476. The summed E-state index contributed by atoms with van der Waals surface area (Å²) in [6.45, 7) is 1.88. The number of nitrogens with two attached hydrogens (primary N) is 2.